The summed E-state index contributed by atoms with van der Waals surface area (Å²) in [6, 6.07) is 7.92. The number of rotatable bonds is 5. The molecule has 0 aliphatic carbocycles. The van der Waals surface area contributed by atoms with E-state index in [2.05, 4.69) is 5.32 Å². The number of nitrogens with zero attached hydrogens (tertiary/aromatic N) is 1. The maximum Gasteiger partial charge on any atom is 0.317 e. The van der Waals surface area contributed by atoms with E-state index in [1.54, 1.807) is 4.90 Å². The predicted octanol–water partition coefficient (Wildman–Crippen LogP) is 1.81. The van der Waals surface area contributed by atoms with E-state index in [0.29, 0.717) is 39.5 Å². The number of hydrogen-bond donors (Lipinski definition) is 1. The number of hydrogen-bond acceptors (Lipinski definition) is 3. The predicted molar refractivity (Wildman–Crippen MR) is 77.1 cm³/mol. The van der Waals surface area contributed by atoms with E-state index in [4.69, 9.17) is 9.47 Å². The molecule has 0 aromatic heterocycles. The smallest absolute Gasteiger partial charge is 0.317 e. The van der Waals surface area contributed by atoms with Gasteiger partial charge in [-0.15, -0.1) is 0 Å². The molecular weight excluding hydrogens is 256 g/mol. The monoisotopic (exact) mass is 278 g/mol. The van der Waals surface area contributed by atoms with Crippen LogP contribution >= 0.6 is 0 Å². The molecule has 0 atom stereocenters. The molecule has 1 N–H and O–H groups in total. The lowest BCUT2D eigenvalue weighted by atomic mass is 10.2. The number of carbonyl (C=O) groups excluding carboxylic acids is 1. The second kappa shape index (κ2) is 7.75. The summed E-state index contributed by atoms with van der Waals surface area (Å²) in [5, 5.41) is 2.90. The molecule has 0 spiro atoms. The molecule has 110 valence electrons. The van der Waals surface area contributed by atoms with Crippen LogP contribution in [-0.4, -0.2) is 50.4 Å². The second-order valence-electron chi connectivity index (χ2n) is 4.80. The van der Waals surface area contributed by atoms with Crippen LogP contribution in [0.1, 0.15) is 12.0 Å². The number of benzene rings is 1. The average Bonchev–Trinajstić information content (AvgIpc) is 2.49. The molecule has 1 aromatic carbocycles. The highest BCUT2D eigenvalue weighted by atomic mass is 16.5. The van der Waals surface area contributed by atoms with Crippen molar-refractivity contribution in [3.05, 3.63) is 29.8 Å². The fraction of sp³-hybridized carbons (Fsp3) is 0.533. The van der Waals surface area contributed by atoms with Gasteiger partial charge in [0, 0.05) is 19.6 Å². The molecule has 1 fully saturated rings. The molecule has 2 rings (SSSR count). The Morgan fingerprint density at radius 3 is 2.85 bits per heavy atom. The van der Waals surface area contributed by atoms with Gasteiger partial charge in [0.15, 0.2) is 0 Å². The minimum absolute atomic E-state index is 0.0100. The zero-order valence-electron chi connectivity index (χ0n) is 11.9. The molecule has 5 heteroatoms. The SMILES string of the molecule is Cc1ccccc1OCCCNC(=O)N1CCOCC1. The molecule has 1 aliphatic heterocycles. The van der Waals surface area contributed by atoms with Gasteiger partial charge in [-0.2, -0.15) is 0 Å². The van der Waals surface area contributed by atoms with Gasteiger partial charge in [0.1, 0.15) is 5.75 Å². The molecule has 0 radical (unpaired) electrons. The van der Waals surface area contributed by atoms with E-state index in [1.807, 2.05) is 31.2 Å². The summed E-state index contributed by atoms with van der Waals surface area (Å²) in [6.07, 6.45) is 0.796. The van der Waals surface area contributed by atoms with Crippen molar-refractivity contribution in [1.29, 1.82) is 0 Å². The molecule has 0 bridgehead atoms. The Hall–Kier alpha value is -1.75. The first kappa shape index (κ1) is 14.7. The first-order chi connectivity index (χ1) is 9.77. The molecular formula is C15H22N2O3. The Labute approximate surface area is 119 Å². The van der Waals surface area contributed by atoms with Gasteiger partial charge < -0.3 is 19.7 Å². The van der Waals surface area contributed by atoms with Gasteiger partial charge in [-0.25, -0.2) is 4.79 Å². The van der Waals surface area contributed by atoms with Gasteiger partial charge in [0.25, 0.3) is 0 Å². The van der Waals surface area contributed by atoms with Crippen molar-refractivity contribution in [2.24, 2.45) is 0 Å². The van der Waals surface area contributed by atoms with Crippen LogP contribution in [0.25, 0.3) is 0 Å². The number of carbonyl (C=O) groups is 1. The average molecular weight is 278 g/mol. The Bertz CT molecular complexity index is 431. The highest BCUT2D eigenvalue weighted by Crippen LogP contribution is 2.15. The number of aryl methyl sites for hydroxylation is 1. The zero-order valence-corrected chi connectivity index (χ0v) is 11.9. The second-order valence-corrected chi connectivity index (χ2v) is 4.80. The van der Waals surface area contributed by atoms with E-state index in [0.717, 1.165) is 17.7 Å². The lowest BCUT2D eigenvalue weighted by molar-refractivity contribution is 0.0532. The lowest BCUT2D eigenvalue weighted by Crippen LogP contribution is -2.46. The van der Waals surface area contributed by atoms with Crippen LogP contribution in [0.5, 0.6) is 5.75 Å². The summed E-state index contributed by atoms with van der Waals surface area (Å²) in [5.41, 5.74) is 1.13. The third-order valence-electron chi connectivity index (χ3n) is 3.25. The maximum absolute atomic E-state index is 11.8. The minimum Gasteiger partial charge on any atom is -0.493 e. The molecule has 1 aliphatic rings. The molecule has 0 saturated carbocycles. The quantitative estimate of drug-likeness (QED) is 0.836. The Morgan fingerprint density at radius 2 is 2.10 bits per heavy atom. The van der Waals surface area contributed by atoms with E-state index >= 15 is 0 Å². The van der Waals surface area contributed by atoms with E-state index in [-0.39, 0.29) is 6.03 Å². The first-order valence-electron chi connectivity index (χ1n) is 7.06. The van der Waals surface area contributed by atoms with Gasteiger partial charge in [-0.1, -0.05) is 18.2 Å². The Morgan fingerprint density at radius 1 is 1.35 bits per heavy atom. The topological polar surface area (TPSA) is 50.8 Å². The van der Waals surface area contributed by atoms with Crippen molar-refractivity contribution in [2.45, 2.75) is 13.3 Å². The maximum atomic E-state index is 11.8. The first-order valence-corrected chi connectivity index (χ1v) is 7.06. The molecule has 20 heavy (non-hydrogen) atoms. The fourth-order valence-corrected chi connectivity index (χ4v) is 2.05. The summed E-state index contributed by atoms with van der Waals surface area (Å²) in [6.45, 7) is 5.86. The fourth-order valence-electron chi connectivity index (χ4n) is 2.05. The molecule has 1 heterocycles. The van der Waals surface area contributed by atoms with E-state index < -0.39 is 0 Å². The summed E-state index contributed by atoms with van der Waals surface area (Å²) >= 11 is 0. The van der Waals surface area contributed by atoms with Crippen LogP contribution in [0.3, 0.4) is 0 Å². The summed E-state index contributed by atoms with van der Waals surface area (Å²) < 4.78 is 10.9. The van der Waals surface area contributed by atoms with Crippen LogP contribution < -0.4 is 10.1 Å². The van der Waals surface area contributed by atoms with E-state index in [1.165, 1.54) is 0 Å². The summed E-state index contributed by atoms with van der Waals surface area (Å²) in [5.74, 6) is 0.909. The Balaban J connectivity index is 1.59. The molecule has 5 nitrogen and oxygen atoms in total. The summed E-state index contributed by atoms with van der Waals surface area (Å²) in [4.78, 5) is 13.6. The highest BCUT2D eigenvalue weighted by molar-refractivity contribution is 5.74. The summed E-state index contributed by atoms with van der Waals surface area (Å²) in [7, 11) is 0. The van der Waals surface area contributed by atoms with Crippen LogP contribution in [0.2, 0.25) is 0 Å². The molecule has 1 saturated heterocycles. The van der Waals surface area contributed by atoms with Crippen molar-refractivity contribution < 1.29 is 14.3 Å². The number of ether oxygens (including phenoxy) is 2. The normalized spacial score (nSPS) is 14.9. The van der Waals surface area contributed by atoms with Gasteiger partial charge in [0.05, 0.1) is 19.8 Å². The molecule has 1 aromatic rings. The van der Waals surface area contributed by atoms with Crippen molar-refractivity contribution in [1.82, 2.24) is 10.2 Å². The van der Waals surface area contributed by atoms with Gasteiger partial charge in [0.2, 0.25) is 0 Å². The van der Waals surface area contributed by atoms with Crippen LogP contribution in [0.15, 0.2) is 24.3 Å². The number of urea groups is 1. The van der Waals surface area contributed by atoms with Gasteiger partial charge in [-0.05, 0) is 25.0 Å². The molecule has 2 amide bonds. The van der Waals surface area contributed by atoms with Crippen molar-refractivity contribution in [3.8, 4) is 5.75 Å². The number of morpholine rings is 1. The third kappa shape index (κ3) is 4.42. The van der Waals surface area contributed by atoms with Crippen LogP contribution in [-0.2, 0) is 4.74 Å². The third-order valence-corrected chi connectivity index (χ3v) is 3.25. The molecule has 0 unspecified atom stereocenters. The van der Waals surface area contributed by atoms with Crippen LogP contribution in [0, 0.1) is 6.92 Å². The van der Waals surface area contributed by atoms with Gasteiger partial charge >= 0.3 is 6.03 Å². The van der Waals surface area contributed by atoms with Crippen molar-refractivity contribution in [2.75, 3.05) is 39.5 Å². The van der Waals surface area contributed by atoms with Crippen LogP contribution in [0.4, 0.5) is 4.79 Å². The lowest BCUT2D eigenvalue weighted by Gasteiger charge is -2.26. The van der Waals surface area contributed by atoms with Crippen molar-refractivity contribution in [3.63, 3.8) is 0 Å². The Kier molecular flexibility index (Phi) is 5.68. The largest absolute Gasteiger partial charge is 0.493 e. The number of nitrogens with one attached hydrogen (secondary N) is 1. The van der Waals surface area contributed by atoms with Gasteiger partial charge in [-0.3, -0.25) is 0 Å². The number of para-hydroxylation sites is 1. The highest BCUT2D eigenvalue weighted by Gasteiger charge is 2.15. The number of amides is 2. The zero-order chi connectivity index (χ0) is 14.2. The van der Waals surface area contributed by atoms with Crippen molar-refractivity contribution >= 4 is 6.03 Å². The van der Waals surface area contributed by atoms with E-state index in [9.17, 15) is 4.79 Å². The minimum atomic E-state index is -0.0100. The standard InChI is InChI=1S/C15H22N2O3/c1-13-5-2-3-6-14(13)20-10-4-7-16-15(18)17-8-11-19-12-9-17/h2-3,5-6H,4,7-12H2,1H3,(H,16,18).